The number of ether oxygens (including phenoxy) is 1. The minimum atomic E-state index is -0.442. The van der Waals surface area contributed by atoms with Crippen molar-refractivity contribution < 1.29 is 14.6 Å². The van der Waals surface area contributed by atoms with E-state index in [4.69, 9.17) is 4.74 Å². The van der Waals surface area contributed by atoms with E-state index in [9.17, 15) is 9.90 Å². The Kier molecular flexibility index (Phi) is 5.49. The summed E-state index contributed by atoms with van der Waals surface area (Å²) in [6.07, 6.45) is 5.89. The smallest absolute Gasteiger partial charge is 0.407 e. The fraction of sp³-hybridized carbons (Fsp3) is 0.938. The predicted octanol–water partition coefficient (Wildman–Crippen LogP) is 2.18. The molecule has 5 nitrogen and oxygen atoms in total. The second-order valence-corrected chi connectivity index (χ2v) is 7.53. The van der Waals surface area contributed by atoms with Gasteiger partial charge < -0.3 is 20.5 Å². The Morgan fingerprint density at radius 3 is 2.48 bits per heavy atom. The second-order valence-electron chi connectivity index (χ2n) is 7.53. The van der Waals surface area contributed by atoms with E-state index < -0.39 is 5.60 Å². The molecule has 2 fully saturated rings. The number of rotatable bonds is 4. The van der Waals surface area contributed by atoms with Crippen LogP contribution in [0.4, 0.5) is 4.79 Å². The molecule has 2 atom stereocenters. The number of alkyl carbamates (subject to hydrolysis) is 1. The first kappa shape index (κ1) is 16.6. The van der Waals surface area contributed by atoms with Crippen LogP contribution in [0.5, 0.6) is 0 Å². The van der Waals surface area contributed by atoms with E-state index >= 15 is 0 Å². The summed E-state index contributed by atoms with van der Waals surface area (Å²) in [6, 6.07) is 0.674. The van der Waals surface area contributed by atoms with E-state index in [2.05, 4.69) is 10.6 Å². The Bertz CT molecular complexity index is 348. The first-order valence-electron chi connectivity index (χ1n) is 8.24. The van der Waals surface area contributed by atoms with Gasteiger partial charge in [-0.05, 0) is 52.4 Å². The normalized spacial score (nSPS) is 33.1. The van der Waals surface area contributed by atoms with Crippen molar-refractivity contribution in [2.45, 2.75) is 83.1 Å². The highest BCUT2D eigenvalue weighted by Crippen LogP contribution is 2.25. The van der Waals surface area contributed by atoms with Gasteiger partial charge in [-0.2, -0.15) is 0 Å². The SMILES string of the molecule is CC(C)(C)OC(=O)NC1CC(NCC2CCCCC2O)C1. The lowest BCUT2D eigenvalue weighted by Gasteiger charge is -2.38. The largest absolute Gasteiger partial charge is 0.444 e. The molecule has 0 saturated heterocycles. The minimum absolute atomic E-state index is 0.137. The van der Waals surface area contributed by atoms with E-state index in [1.165, 1.54) is 6.42 Å². The molecule has 2 aliphatic carbocycles. The highest BCUT2D eigenvalue weighted by molar-refractivity contribution is 5.68. The van der Waals surface area contributed by atoms with E-state index in [-0.39, 0.29) is 18.2 Å². The molecule has 1 amide bonds. The molecule has 5 heteroatoms. The van der Waals surface area contributed by atoms with Gasteiger partial charge in [-0.3, -0.25) is 0 Å². The Morgan fingerprint density at radius 2 is 1.86 bits per heavy atom. The Balaban J connectivity index is 1.58. The van der Waals surface area contributed by atoms with Crippen LogP contribution < -0.4 is 10.6 Å². The maximum Gasteiger partial charge on any atom is 0.407 e. The van der Waals surface area contributed by atoms with Crippen molar-refractivity contribution in [3.05, 3.63) is 0 Å². The van der Waals surface area contributed by atoms with Crippen LogP contribution in [0.1, 0.15) is 59.3 Å². The zero-order valence-electron chi connectivity index (χ0n) is 13.5. The minimum Gasteiger partial charge on any atom is -0.444 e. The molecular weight excluding hydrogens is 268 g/mol. The lowest BCUT2D eigenvalue weighted by atomic mass is 9.84. The Labute approximate surface area is 127 Å². The molecule has 2 unspecified atom stereocenters. The van der Waals surface area contributed by atoms with Crippen LogP contribution in [-0.2, 0) is 4.74 Å². The molecule has 2 aliphatic rings. The predicted molar refractivity (Wildman–Crippen MR) is 82.1 cm³/mol. The van der Waals surface area contributed by atoms with Gasteiger partial charge >= 0.3 is 6.09 Å². The summed E-state index contributed by atoms with van der Waals surface area (Å²) < 4.78 is 5.25. The molecule has 2 saturated carbocycles. The van der Waals surface area contributed by atoms with Gasteiger partial charge in [0.15, 0.2) is 0 Å². The standard InChI is InChI=1S/C16H30N2O3/c1-16(2,3)21-15(20)18-13-8-12(9-13)17-10-11-6-4-5-7-14(11)19/h11-14,17,19H,4-10H2,1-3H3,(H,18,20). The van der Waals surface area contributed by atoms with Crippen molar-refractivity contribution in [3.8, 4) is 0 Å². The van der Waals surface area contributed by atoms with Crippen molar-refractivity contribution in [2.75, 3.05) is 6.54 Å². The maximum absolute atomic E-state index is 11.6. The summed E-state index contributed by atoms with van der Waals surface area (Å²) >= 11 is 0. The fourth-order valence-electron chi connectivity index (χ4n) is 3.12. The third-order valence-electron chi connectivity index (χ3n) is 4.40. The Hall–Kier alpha value is -0.810. The van der Waals surface area contributed by atoms with E-state index in [0.717, 1.165) is 38.6 Å². The molecule has 122 valence electrons. The average Bonchev–Trinajstić information content (AvgIpc) is 2.31. The van der Waals surface area contributed by atoms with Crippen LogP contribution in [0, 0.1) is 5.92 Å². The highest BCUT2D eigenvalue weighted by atomic mass is 16.6. The summed E-state index contributed by atoms with van der Waals surface area (Å²) in [7, 11) is 0. The molecule has 0 spiro atoms. The third kappa shape index (κ3) is 5.47. The number of aliphatic hydroxyl groups excluding tert-OH is 1. The topological polar surface area (TPSA) is 70.6 Å². The second kappa shape index (κ2) is 6.97. The Morgan fingerprint density at radius 1 is 1.19 bits per heavy atom. The van der Waals surface area contributed by atoms with Gasteiger partial charge in [-0.25, -0.2) is 4.79 Å². The third-order valence-corrected chi connectivity index (χ3v) is 4.40. The van der Waals surface area contributed by atoms with Crippen LogP contribution in [0.15, 0.2) is 0 Å². The van der Waals surface area contributed by atoms with Crippen molar-refractivity contribution in [1.82, 2.24) is 10.6 Å². The number of hydrogen-bond donors (Lipinski definition) is 3. The molecular formula is C16H30N2O3. The van der Waals surface area contributed by atoms with Crippen molar-refractivity contribution in [1.29, 1.82) is 0 Å². The van der Waals surface area contributed by atoms with Crippen LogP contribution in [0.3, 0.4) is 0 Å². The molecule has 0 bridgehead atoms. The van der Waals surface area contributed by atoms with E-state index in [0.29, 0.717) is 12.0 Å². The summed E-state index contributed by atoms with van der Waals surface area (Å²) in [4.78, 5) is 11.6. The fourth-order valence-corrected chi connectivity index (χ4v) is 3.12. The molecule has 2 rings (SSSR count). The molecule has 0 heterocycles. The number of aliphatic hydroxyl groups is 1. The summed E-state index contributed by atoms with van der Waals surface area (Å²) in [5.74, 6) is 0.400. The van der Waals surface area contributed by atoms with Crippen molar-refractivity contribution >= 4 is 6.09 Å². The van der Waals surface area contributed by atoms with Gasteiger partial charge in [-0.1, -0.05) is 12.8 Å². The van der Waals surface area contributed by atoms with Gasteiger partial charge in [0.2, 0.25) is 0 Å². The van der Waals surface area contributed by atoms with Gasteiger partial charge in [0.05, 0.1) is 6.10 Å². The molecule has 0 aromatic rings. The monoisotopic (exact) mass is 298 g/mol. The van der Waals surface area contributed by atoms with Crippen molar-refractivity contribution in [3.63, 3.8) is 0 Å². The van der Waals surface area contributed by atoms with Gasteiger partial charge in [0, 0.05) is 18.6 Å². The molecule has 3 N–H and O–H groups in total. The highest BCUT2D eigenvalue weighted by Gasteiger charge is 2.32. The molecule has 0 aromatic carbocycles. The lowest BCUT2D eigenvalue weighted by molar-refractivity contribution is 0.0452. The van der Waals surface area contributed by atoms with Gasteiger partial charge in [0.1, 0.15) is 5.60 Å². The van der Waals surface area contributed by atoms with Crippen LogP contribution >= 0.6 is 0 Å². The molecule has 0 radical (unpaired) electrons. The quantitative estimate of drug-likeness (QED) is 0.744. The average molecular weight is 298 g/mol. The number of carbonyl (C=O) groups excluding carboxylic acids is 1. The van der Waals surface area contributed by atoms with Crippen LogP contribution in [0.25, 0.3) is 0 Å². The maximum atomic E-state index is 11.6. The van der Waals surface area contributed by atoms with Gasteiger partial charge in [-0.15, -0.1) is 0 Å². The number of carbonyl (C=O) groups is 1. The number of hydrogen-bond acceptors (Lipinski definition) is 4. The molecule has 0 aromatic heterocycles. The van der Waals surface area contributed by atoms with E-state index in [1.807, 2.05) is 20.8 Å². The summed E-state index contributed by atoms with van der Waals surface area (Å²) in [5, 5.41) is 16.4. The molecule has 21 heavy (non-hydrogen) atoms. The number of nitrogens with one attached hydrogen (secondary N) is 2. The first-order valence-corrected chi connectivity index (χ1v) is 8.24. The zero-order valence-corrected chi connectivity index (χ0v) is 13.5. The van der Waals surface area contributed by atoms with Crippen molar-refractivity contribution in [2.24, 2.45) is 5.92 Å². The van der Waals surface area contributed by atoms with Crippen LogP contribution in [-0.4, -0.2) is 41.5 Å². The first-order chi connectivity index (χ1) is 9.83. The lowest BCUT2D eigenvalue weighted by Crippen LogP contribution is -2.54. The summed E-state index contributed by atoms with van der Waals surface area (Å²) in [6.45, 7) is 6.50. The van der Waals surface area contributed by atoms with Gasteiger partial charge in [0.25, 0.3) is 0 Å². The van der Waals surface area contributed by atoms with Crippen LogP contribution in [0.2, 0.25) is 0 Å². The zero-order chi connectivity index (χ0) is 15.5. The summed E-state index contributed by atoms with van der Waals surface area (Å²) in [5.41, 5.74) is -0.442. The number of amides is 1. The molecule has 0 aliphatic heterocycles. The van der Waals surface area contributed by atoms with E-state index in [1.54, 1.807) is 0 Å².